The third-order valence-corrected chi connectivity index (χ3v) is 7.97. The maximum atomic E-state index is 14.2. The summed E-state index contributed by atoms with van der Waals surface area (Å²) in [4.78, 5) is 0. The van der Waals surface area contributed by atoms with Crippen LogP contribution in [0.2, 0.25) is 0 Å². The van der Waals surface area contributed by atoms with Gasteiger partial charge in [-0.25, -0.2) is 4.39 Å². The molecule has 4 rings (SSSR count). The van der Waals surface area contributed by atoms with E-state index in [1.807, 2.05) is 0 Å². The summed E-state index contributed by atoms with van der Waals surface area (Å²) in [5, 5.41) is 20.6. The highest BCUT2D eigenvalue weighted by atomic mass is 19.1. The average molecular weight is 308 g/mol. The molecule has 7 atom stereocenters. The average Bonchev–Trinajstić information content (AvgIpc) is 2.78. The van der Waals surface area contributed by atoms with E-state index >= 15 is 0 Å². The van der Waals surface area contributed by atoms with Gasteiger partial charge in [-0.1, -0.05) is 18.6 Å². The molecule has 4 aliphatic rings. The number of allylic oxidation sites excluding steroid dienone is 1. The number of alkyl halides is 1. The van der Waals surface area contributed by atoms with Gasteiger partial charge in [0.25, 0.3) is 0 Å². The van der Waals surface area contributed by atoms with Crippen molar-refractivity contribution < 1.29 is 14.6 Å². The molecule has 0 radical (unpaired) electrons. The lowest BCUT2D eigenvalue weighted by Gasteiger charge is -2.58. The van der Waals surface area contributed by atoms with Crippen LogP contribution in [0.25, 0.3) is 0 Å². The van der Waals surface area contributed by atoms with Gasteiger partial charge in [0, 0.05) is 5.41 Å². The van der Waals surface area contributed by atoms with Gasteiger partial charge in [-0.05, 0) is 74.5 Å². The van der Waals surface area contributed by atoms with Crippen LogP contribution in [-0.2, 0) is 0 Å². The molecule has 0 bridgehead atoms. The van der Waals surface area contributed by atoms with Gasteiger partial charge in [0.15, 0.2) is 0 Å². The Morgan fingerprint density at radius 3 is 2.86 bits per heavy atom. The standard InChI is InChI=1S/C19H29FO2/c1-18-9-7-14-13(15(18)10-16(20)17(18)22)6-5-12-4-2-3-8-19(12,14)11-21/h4,13-17,21-22H,2-3,5-11H2,1H3/t13-,14+,15+,16+,17-,18+,19-/m1/s1. The van der Waals surface area contributed by atoms with Gasteiger partial charge in [-0.15, -0.1) is 0 Å². The zero-order valence-corrected chi connectivity index (χ0v) is 13.6. The van der Waals surface area contributed by atoms with Crippen LogP contribution >= 0.6 is 0 Å². The molecule has 3 heteroatoms. The fourth-order valence-corrected chi connectivity index (χ4v) is 6.77. The fraction of sp³-hybridized carbons (Fsp3) is 0.895. The van der Waals surface area contributed by atoms with Crippen LogP contribution in [-0.4, -0.2) is 29.1 Å². The second-order valence-corrected chi connectivity index (χ2v) is 8.59. The van der Waals surface area contributed by atoms with E-state index in [1.165, 1.54) is 12.0 Å². The molecule has 3 saturated carbocycles. The summed E-state index contributed by atoms with van der Waals surface area (Å²) in [5.74, 6) is 1.27. The number of hydrogen-bond acceptors (Lipinski definition) is 2. The maximum absolute atomic E-state index is 14.2. The van der Waals surface area contributed by atoms with Crippen molar-refractivity contribution in [3.8, 4) is 0 Å². The lowest BCUT2D eigenvalue weighted by atomic mass is 9.47. The van der Waals surface area contributed by atoms with Gasteiger partial charge in [0.05, 0.1) is 12.7 Å². The van der Waals surface area contributed by atoms with Gasteiger partial charge in [-0.2, -0.15) is 0 Å². The monoisotopic (exact) mass is 308 g/mol. The van der Waals surface area contributed by atoms with E-state index in [9.17, 15) is 14.6 Å². The van der Waals surface area contributed by atoms with Crippen LogP contribution in [0.1, 0.15) is 58.3 Å². The molecule has 22 heavy (non-hydrogen) atoms. The molecule has 3 fully saturated rings. The minimum atomic E-state index is -1.05. The van der Waals surface area contributed by atoms with Gasteiger partial charge in [0.1, 0.15) is 6.17 Å². The van der Waals surface area contributed by atoms with Gasteiger partial charge in [0.2, 0.25) is 0 Å². The van der Waals surface area contributed by atoms with Crippen LogP contribution in [0.4, 0.5) is 4.39 Å². The van der Waals surface area contributed by atoms with Crippen molar-refractivity contribution in [1.29, 1.82) is 0 Å². The van der Waals surface area contributed by atoms with E-state index in [1.54, 1.807) is 0 Å². The number of aliphatic hydroxyl groups excluding tert-OH is 2. The van der Waals surface area contributed by atoms with Crippen LogP contribution in [0.3, 0.4) is 0 Å². The number of rotatable bonds is 1. The van der Waals surface area contributed by atoms with E-state index in [-0.39, 0.29) is 17.4 Å². The second-order valence-electron chi connectivity index (χ2n) is 8.59. The third-order valence-electron chi connectivity index (χ3n) is 7.97. The summed E-state index contributed by atoms with van der Waals surface area (Å²) in [6.45, 7) is 2.36. The zero-order valence-electron chi connectivity index (χ0n) is 13.6. The van der Waals surface area contributed by atoms with Crippen molar-refractivity contribution in [3.63, 3.8) is 0 Å². The summed E-state index contributed by atoms with van der Waals surface area (Å²) < 4.78 is 14.2. The van der Waals surface area contributed by atoms with Crippen molar-refractivity contribution in [1.82, 2.24) is 0 Å². The van der Waals surface area contributed by atoms with Crippen molar-refractivity contribution >= 4 is 0 Å². The van der Waals surface area contributed by atoms with Crippen molar-refractivity contribution in [3.05, 3.63) is 11.6 Å². The van der Waals surface area contributed by atoms with Crippen LogP contribution in [0, 0.1) is 28.6 Å². The molecule has 0 saturated heterocycles. The van der Waals surface area contributed by atoms with Gasteiger partial charge < -0.3 is 10.2 Å². The molecule has 0 spiro atoms. The Kier molecular flexibility index (Phi) is 3.47. The molecule has 0 aromatic heterocycles. The lowest BCUT2D eigenvalue weighted by Crippen LogP contribution is -2.53. The molecule has 0 amide bonds. The molecule has 4 aliphatic carbocycles. The molecular formula is C19H29FO2. The molecule has 0 heterocycles. The topological polar surface area (TPSA) is 40.5 Å². The van der Waals surface area contributed by atoms with Gasteiger partial charge in [-0.3, -0.25) is 0 Å². The highest BCUT2D eigenvalue weighted by Gasteiger charge is 2.62. The van der Waals surface area contributed by atoms with Crippen LogP contribution in [0.15, 0.2) is 11.6 Å². The number of halogens is 1. The zero-order chi connectivity index (χ0) is 15.5. The SMILES string of the molecule is C[C@]12CC[C@H]3[C@@H](CCC4=CCCC[C@@]43CO)[C@@H]1C[C@H](F)[C@H]2O. The molecular weight excluding hydrogens is 279 g/mol. The van der Waals surface area contributed by atoms with Crippen LogP contribution < -0.4 is 0 Å². The number of aliphatic hydroxyl groups is 2. The summed E-state index contributed by atoms with van der Waals surface area (Å²) in [5.41, 5.74) is 1.22. The Morgan fingerprint density at radius 2 is 2.09 bits per heavy atom. The Bertz CT molecular complexity index is 490. The molecule has 0 unspecified atom stereocenters. The first-order chi connectivity index (χ1) is 10.5. The van der Waals surface area contributed by atoms with Crippen molar-refractivity contribution in [2.75, 3.05) is 6.61 Å². The molecule has 0 aromatic rings. The number of hydrogen-bond donors (Lipinski definition) is 2. The maximum Gasteiger partial charge on any atom is 0.127 e. The first kappa shape index (κ1) is 15.1. The Balaban J connectivity index is 1.70. The molecule has 124 valence electrons. The summed E-state index contributed by atoms with van der Waals surface area (Å²) in [6, 6.07) is 0. The fourth-order valence-electron chi connectivity index (χ4n) is 6.77. The Hall–Kier alpha value is -0.410. The van der Waals surface area contributed by atoms with E-state index in [0.29, 0.717) is 24.2 Å². The lowest BCUT2D eigenvalue weighted by molar-refractivity contribution is -0.0935. The largest absolute Gasteiger partial charge is 0.395 e. The van der Waals surface area contributed by atoms with Crippen molar-refractivity contribution in [2.24, 2.45) is 28.6 Å². The van der Waals surface area contributed by atoms with E-state index in [0.717, 1.165) is 38.5 Å². The molecule has 0 aliphatic heterocycles. The normalized spacial score (nSPS) is 54.2. The quantitative estimate of drug-likeness (QED) is 0.726. The summed E-state index contributed by atoms with van der Waals surface area (Å²) in [6.07, 6.45) is 8.64. The number of fused-ring (bicyclic) bond motifs is 5. The Morgan fingerprint density at radius 1 is 1.27 bits per heavy atom. The van der Waals surface area contributed by atoms with Crippen LogP contribution in [0.5, 0.6) is 0 Å². The smallest absolute Gasteiger partial charge is 0.127 e. The van der Waals surface area contributed by atoms with E-state index < -0.39 is 12.3 Å². The van der Waals surface area contributed by atoms with Gasteiger partial charge >= 0.3 is 0 Å². The minimum Gasteiger partial charge on any atom is -0.395 e. The highest BCUT2D eigenvalue weighted by molar-refractivity contribution is 5.25. The predicted octanol–water partition coefficient (Wildman–Crippen LogP) is 3.62. The molecule has 2 N–H and O–H groups in total. The first-order valence-electron chi connectivity index (χ1n) is 9.15. The third kappa shape index (κ3) is 1.78. The van der Waals surface area contributed by atoms with E-state index in [2.05, 4.69) is 13.0 Å². The highest BCUT2D eigenvalue weighted by Crippen LogP contribution is 2.65. The Labute approximate surface area is 132 Å². The predicted molar refractivity (Wildman–Crippen MR) is 84.0 cm³/mol. The minimum absolute atomic E-state index is 0.0259. The molecule has 0 aromatic carbocycles. The summed E-state index contributed by atoms with van der Waals surface area (Å²) in [7, 11) is 0. The first-order valence-corrected chi connectivity index (χ1v) is 9.15. The summed E-state index contributed by atoms with van der Waals surface area (Å²) >= 11 is 0. The second kappa shape index (κ2) is 5.04. The van der Waals surface area contributed by atoms with Crippen molar-refractivity contribution in [2.45, 2.75) is 70.6 Å². The van der Waals surface area contributed by atoms with E-state index in [4.69, 9.17) is 0 Å². The molecule has 2 nitrogen and oxygen atoms in total.